The first-order chi connectivity index (χ1) is 7.65. The highest BCUT2D eigenvalue weighted by Gasteiger charge is 2.01. The van der Waals surface area contributed by atoms with Gasteiger partial charge in [0, 0.05) is 20.0 Å². The van der Waals surface area contributed by atoms with E-state index in [0.717, 1.165) is 25.0 Å². The highest BCUT2D eigenvalue weighted by Crippen LogP contribution is 2.32. The van der Waals surface area contributed by atoms with Crippen LogP contribution in [0.2, 0.25) is 5.02 Å². The maximum atomic E-state index is 5.93. The maximum Gasteiger partial charge on any atom is 0.0548 e. The Bertz CT molecular complexity index is 499. The summed E-state index contributed by atoms with van der Waals surface area (Å²) in [6, 6.07) is 13.7. The van der Waals surface area contributed by atoms with E-state index in [2.05, 4.69) is 15.9 Å². The molecule has 0 atom stereocenters. The zero-order valence-electron chi connectivity index (χ0n) is 8.28. The molecule has 2 N–H and O–H groups in total. The molecule has 2 aromatic carbocycles. The molecule has 0 saturated heterocycles. The molecule has 2 aromatic rings. The number of anilines is 1. The standard InChI is InChI=1S/C12H9BrClNS/c13-11-7-10(5-6-12(11)14)16-9-3-1-8(15)2-4-9/h1-7H,15H2. The monoisotopic (exact) mass is 313 g/mol. The third-order valence-electron chi connectivity index (χ3n) is 2.01. The van der Waals surface area contributed by atoms with Gasteiger partial charge in [-0.05, 0) is 58.4 Å². The first kappa shape index (κ1) is 11.8. The van der Waals surface area contributed by atoms with E-state index in [1.54, 1.807) is 11.8 Å². The maximum absolute atomic E-state index is 5.93. The highest BCUT2D eigenvalue weighted by molar-refractivity contribution is 9.10. The molecule has 0 spiro atoms. The fourth-order valence-electron chi connectivity index (χ4n) is 1.21. The van der Waals surface area contributed by atoms with Gasteiger partial charge in [-0.25, -0.2) is 0 Å². The van der Waals surface area contributed by atoms with Gasteiger partial charge in [-0.15, -0.1) is 0 Å². The van der Waals surface area contributed by atoms with Crippen LogP contribution in [0.1, 0.15) is 0 Å². The van der Waals surface area contributed by atoms with Gasteiger partial charge in [0.2, 0.25) is 0 Å². The molecule has 0 aromatic heterocycles. The lowest BCUT2D eigenvalue weighted by Crippen LogP contribution is -1.82. The molecule has 82 valence electrons. The summed E-state index contributed by atoms with van der Waals surface area (Å²) in [5.74, 6) is 0. The van der Waals surface area contributed by atoms with Crippen molar-refractivity contribution in [1.29, 1.82) is 0 Å². The highest BCUT2D eigenvalue weighted by atomic mass is 79.9. The van der Waals surface area contributed by atoms with Crippen LogP contribution in [0, 0.1) is 0 Å². The molecule has 0 fully saturated rings. The Hall–Kier alpha value is -0.640. The molecule has 0 aliphatic rings. The van der Waals surface area contributed by atoms with Gasteiger partial charge < -0.3 is 5.73 Å². The van der Waals surface area contributed by atoms with E-state index < -0.39 is 0 Å². The molecular formula is C12H9BrClNS. The van der Waals surface area contributed by atoms with Crippen molar-refractivity contribution in [2.45, 2.75) is 9.79 Å². The number of nitrogens with two attached hydrogens (primary N) is 1. The lowest BCUT2D eigenvalue weighted by molar-refractivity contribution is 1.39. The van der Waals surface area contributed by atoms with E-state index in [1.807, 2.05) is 42.5 Å². The van der Waals surface area contributed by atoms with Crippen LogP contribution in [0.3, 0.4) is 0 Å². The zero-order chi connectivity index (χ0) is 11.5. The molecule has 0 saturated carbocycles. The molecule has 0 radical (unpaired) electrons. The van der Waals surface area contributed by atoms with E-state index >= 15 is 0 Å². The molecule has 4 heteroatoms. The van der Waals surface area contributed by atoms with Gasteiger partial charge >= 0.3 is 0 Å². The number of nitrogen functional groups attached to an aromatic ring is 1. The van der Waals surface area contributed by atoms with Gasteiger partial charge in [-0.3, -0.25) is 0 Å². The van der Waals surface area contributed by atoms with Crippen LogP contribution in [-0.2, 0) is 0 Å². The molecule has 0 unspecified atom stereocenters. The van der Waals surface area contributed by atoms with Crippen molar-refractivity contribution < 1.29 is 0 Å². The fourth-order valence-corrected chi connectivity index (χ4v) is 2.72. The van der Waals surface area contributed by atoms with Crippen LogP contribution >= 0.6 is 39.3 Å². The van der Waals surface area contributed by atoms with Crippen LogP contribution < -0.4 is 5.73 Å². The van der Waals surface area contributed by atoms with Crippen LogP contribution in [0.5, 0.6) is 0 Å². The van der Waals surface area contributed by atoms with Crippen molar-refractivity contribution >= 4 is 45.0 Å². The number of hydrogen-bond donors (Lipinski definition) is 1. The first-order valence-electron chi connectivity index (χ1n) is 4.63. The number of halogens is 2. The second-order valence-corrected chi connectivity index (χ2v) is 5.66. The molecule has 1 nitrogen and oxygen atoms in total. The van der Waals surface area contributed by atoms with Crippen LogP contribution in [0.15, 0.2) is 56.7 Å². The van der Waals surface area contributed by atoms with Crippen molar-refractivity contribution in [3.63, 3.8) is 0 Å². The summed E-state index contributed by atoms with van der Waals surface area (Å²) < 4.78 is 0.912. The molecule has 2 rings (SSSR count). The lowest BCUT2D eigenvalue weighted by atomic mass is 10.3. The molecule has 0 bridgehead atoms. The Kier molecular flexibility index (Phi) is 3.79. The lowest BCUT2D eigenvalue weighted by Gasteiger charge is -2.03. The van der Waals surface area contributed by atoms with Crippen molar-refractivity contribution in [2.75, 3.05) is 5.73 Å². The minimum absolute atomic E-state index is 0.724. The van der Waals surface area contributed by atoms with E-state index in [9.17, 15) is 0 Å². The Morgan fingerprint density at radius 3 is 2.25 bits per heavy atom. The Morgan fingerprint density at radius 1 is 1.00 bits per heavy atom. The third-order valence-corrected chi connectivity index (χ3v) is 4.22. The summed E-state index contributed by atoms with van der Waals surface area (Å²) in [6.07, 6.45) is 0. The zero-order valence-corrected chi connectivity index (χ0v) is 11.4. The topological polar surface area (TPSA) is 26.0 Å². The number of hydrogen-bond acceptors (Lipinski definition) is 2. The minimum Gasteiger partial charge on any atom is -0.399 e. The third kappa shape index (κ3) is 2.94. The Balaban J connectivity index is 2.20. The van der Waals surface area contributed by atoms with Crippen LogP contribution in [-0.4, -0.2) is 0 Å². The fraction of sp³-hybridized carbons (Fsp3) is 0. The van der Waals surface area contributed by atoms with Gasteiger partial charge in [0.25, 0.3) is 0 Å². The second kappa shape index (κ2) is 5.13. The smallest absolute Gasteiger partial charge is 0.0548 e. The Labute approximate surface area is 112 Å². The SMILES string of the molecule is Nc1ccc(Sc2ccc(Cl)c(Br)c2)cc1. The van der Waals surface area contributed by atoms with E-state index in [0.29, 0.717) is 0 Å². The summed E-state index contributed by atoms with van der Waals surface area (Å²) in [4.78, 5) is 2.30. The summed E-state index contributed by atoms with van der Waals surface area (Å²) >= 11 is 11.0. The van der Waals surface area contributed by atoms with E-state index in [1.165, 1.54) is 0 Å². The quantitative estimate of drug-likeness (QED) is 0.803. The second-order valence-electron chi connectivity index (χ2n) is 3.25. The predicted octanol–water partition coefficient (Wildman–Crippen LogP) is 4.84. The van der Waals surface area contributed by atoms with Gasteiger partial charge in [0.05, 0.1) is 5.02 Å². The summed E-state index contributed by atoms with van der Waals surface area (Å²) in [6.45, 7) is 0. The molecule has 16 heavy (non-hydrogen) atoms. The van der Waals surface area contributed by atoms with Gasteiger partial charge in [-0.1, -0.05) is 23.4 Å². The molecule has 0 aliphatic carbocycles. The van der Waals surface area contributed by atoms with Gasteiger partial charge in [0.15, 0.2) is 0 Å². The van der Waals surface area contributed by atoms with E-state index in [4.69, 9.17) is 17.3 Å². The van der Waals surface area contributed by atoms with E-state index in [-0.39, 0.29) is 0 Å². The largest absolute Gasteiger partial charge is 0.399 e. The van der Waals surface area contributed by atoms with Crippen LogP contribution in [0.25, 0.3) is 0 Å². The van der Waals surface area contributed by atoms with Crippen LogP contribution in [0.4, 0.5) is 5.69 Å². The van der Waals surface area contributed by atoms with Crippen molar-refractivity contribution in [3.05, 3.63) is 52.0 Å². The molecule has 0 amide bonds. The summed E-state index contributed by atoms with van der Waals surface area (Å²) in [5, 5.41) is 0.724. The Morgan fingerprint density at radius 2 is 1.62 bits per heavy atom. The van der Waals surface area contributed by atoms with Crippen molar-refractivity contribution in [2.24, 2.45) is 0 Å². The molecular weight excluding hydrogens is 306 g/mol. The summed E-state index contributed by atoms with van der Waals surface area (Å²) in [7, 11) is 0. The molecule has 0 heterocycles. The van der Waals surface area contributed by atoms with Crippen molar-refractivity contribution in [3.8, 4) is 0 Å². The normalized spacial score (nSPS) is 10.4. The predicted molar refractivity (Wildman–Crippen MR) is 74.1 cm³/mol. The number of benzene rings is 2. The first-order valence-corrected chi connectivity index (χ1v) is 6.62. The minimum atomic E-state index is 0.724. The number of rotatable bonds is 2. The average molecular weight is 315 g/mol. The van der Waals surface area contributed by atoms with Gasteiger partial charge in [0.1, 0.15) is 0 Å². The van der Waals surface area contributed by atoms with Gasteiger partial charge in [-0.2, -0.15) is 0 Å². The summed E-state index contributed by atoms with van der Waals surface area (Å²) in [5.41, 5.74) is 6.41. The molecule has 0 aliphatic heterocycles. The van der Waals surface area contributed by atoms with Crippen molar-refractivity contribution in [1.82, 2.24) is 0 Å². The average Bonchev–Trinajstić information content (AvgIpc) is 2.27.